The van der Waals surface area contributed by atoms with Gasteiger partial charge in [0.1, 0.15) is 11.9 Å². The summed E-state index contributed by atoms with van der Waals surface area (Å²) in [4.78, 5) is 44.3. The molecular weight excluding hydrogens is 463 g/mol. The topological polar surface area (TPSA) is 91.4 Å². The summed E-state index contributed by atoms with van der Waals surface area (Å²) in [7, 11) is 0. The second kappa shape index (κ2) is 11.5. The Balaban J connectivity index is 1.57. The number of nitrogens with zero attached hydrogens (tertiary/aromatic N) is 2. The molecule has 1 aromatic carbocycles. The van der Waals surface area contributed by atoms with Gasteiger partial charge in [-0.25, -0.2) is 4.98 Å². The number of likely N-dealkylation sites (tertiary alicyclic amines) is 1. The van der Waals surface area contributed by atoms with Gasteiger partial charge in [-0.3, -0.25) is 14.4 Å². The van der Waals surface area contributed by atoms with Gasteiger partial charge in [0, 0.05) is 35.8 Å². The molecule has 7 nitrogen and oxygen atoms in total. The highest BCUT2D eigenvalue weighted by Crippen LogP contribution is 2.21. The van der Waals surface area contributed by atoms with E-state index in [-0.39, 0.29) is 29.6 Å². The summed E-state index contributed by atoms with van der Waals surface area (Å²) >= 11 is 11.7. The molecule has 9 heteroatoms. The van der Waals surface area contributed by atoms with Gasteiger partial charge in [0.25, 0.3) is 5.91 Å². The molecule has 0 saturated carbocycles. The summed E-state index contributed by atoms with van der Waals surface area (Å²) in [6.45, 7) is 4.93. The van der Waals surface area contributed by atoms with Crippen LogP contribution in [-0.2, 0) is 9.59 Å². The Hall–Kier alpha value is -2.64. The van der Waals surface area contributed by atoms with E-state index in [9.17, 15) is 14.4 Å². The zero-order chi connectivity index (χ0) is 24.0. The summed E-state index contributed by atoms with van der Waals surface area (Å²) in [5, 5.41) is 6.72. The fourth-order valence-corrected chi connectivity index (χ4v) is 4.03. The number of carbonyl (C=O) groups excluding carboxylic acids is 3. The first kappa shape index (κ1) is 25.0. The number of benzene rings is 1. The molecule has 1 aliphatic rings. The lowest BCUT2D eigenvalue weighted by molar-refractivity contribution is -0.136. The smallest absolute Gasteiger partial charge is 0.251 e. The molecule has 1 aromatic heterocycles. The molecule has 1 unspecified atom stereocenters. The van der Waals surface area contributed by atoms with Crippen LogP contribution in [0.4, 0.5) is 5.82 Å². The van der Waals surface area contributed by atoms with Crippen molar-refractivity contribution in [1.82, 2.24) is 15.2 Å². The van der Waals surface area contributed by atoms with E-state index in [2.05, 4.69) is 15.6 Å². The fourth-order valence-electron chi connectivity index (χ4n) is 3.80. The van der Waals surface area contributed by atoms with Crippen molar-refractivity contribution in [2.75, 3.05) is 18.4 Å². The Morgan fingerprint density at radius 1 is 1.03 bits per heavy atom. The molecule has 2 aromatic rings. The molecule has 0 radical (unpaired) electrons. The first-order chi connectivity index (χ1) is 15.7. The van der Waals surface area contributed by atoms with Gasteiger partial charge in [-0.1, -0.05) is 37.0 Å². The van der Waals surface area contributed by atoms with Crippen molar-refractivity contribution in [2.45, 2.75) is 39.2 Å². The van der Waals surface area contributed by atoms with Crippen LogP contribution in [0.1, 0.15) is 43.5 Å². The number of hydrogen-bond donors (Lipinski definition) is 2. The van der Waals surface area contributed by atoms with Gasteiger partial charge in [0.15, 0.2) is 0 Å². The summed E-state index contributed by atoms with van der Waals surface area (Å²) in [5.41, 5.74) is 0.451. The van der Waals surface area contributed by atoms with Gasteiger partial charge >= 0.3 is 0 Å². The highest BCUT2D eigenvalue weighted by Gasteiger charge is 2.32. The number of amides is 3. The quantitative estimate of drug-likeness (QED) is 0.601. The summed E-state index contributed by atoms with van der Waals surface area (Å²) in [5.74, 6) is -0.0884. The molecule has 2 heterocycles. The predicted molar refractivity (Wildman–Crippen MR) is 129 cm³/mol. The van der Waals surface area contributed by atoms with E-state index < -0.39 is 6.04 Å². The molecule has 2 N–H and O–H groups in total. The molecule has 3 amide bonds. The Labute approximate surface area is 203 Å². The zero-order valence-electron chi connectivity index (χ0n) is 18.7. The summed E-state index contributed by atoms with van der Waals surface area (Å²) in [6.07, 6.45) is 3.10. The molecule has 3 rings (SSSR count). The van der Waals surface area contributed by atoms with Crippen molar-refractivity contribution >= 4 is 46.7 Å². The first-order valence-corrected chi connectivity index (χ1v) is 11.8. The van der Waals surface area contributed by atoms with Gasteiger partial charge in [0.2, 0.25) is 11.8 Å². The van der Waals surface area contributed by atoms with Crippen LogP contribution in [0.15, 0.2) is 42.6 Å². The highest BCUT2D eigenvalue weighted by atomic mass is 35.5. The average molecular weight is 491 g/mol. The molecule has 1 aliphatic heterocycles. The third kappa shape index (κ3) is 7.17. The second-order valence-corrected chi connectivity index (χ2v) is 9.49. The maximum absolute atomic E-state index is 13.2. The number of carbonyl (C=O) groups is 3. The van der Waals surface area contributed by atoms with Crippen molar-refractivity contribution < 1.29 is 14.4 Å². The molecular formula is C24H28Cl2N4O3. The predicted octanol–water partition coefficient (Wildman–Crippen LogP) is 4.41. The van der Waals surface area contributed by atoms with Crippen molar-refractivity contribution in [3.8, 4) is 0 Å². The molecule has 1 fully saturated rings. The van der Waals surface area contributed by atoms with E-state index >= 15 is 0 Å². The van der Waals surface area contributed by atoms with Crippen LogP contribution >= 0.6 is 23.2 Å². The lowest BCUT2D eigenvalue weighted by Crippen LogP contribution is -2.51. The second-order valence-electron chi connectivity index (χ2n) is 8.61. The van der Waals surface area contributed by atoms with Crippen molar-refractivity contribution in [2.24, 2.45) is 11.8 Å². The number of hydrogen-bond acceptors (Lipinski definition) is 4. The number of halogens is 2. The average Bonchev–Trinajstić information content (AvgIpc) is 2.80. The van der Waals surface area contributed by atoms with E-state index in [0.717, 1.165) is 0 Å². The fraction of sp³-hybridized carbons (Fsp3) is 0.417. The zero-order valence-corrected chi connectivity index (χ0v) is 20.2. The van der Waals surface area contributed by atoms with Crippen molar-refractivity contribution in [3.63, 3.8) is 0 Å². The minimum atomic E-state index is -0.628. The standard InChI is InChI=1S/C24H28Cl2N4O3/c1-15(2)13-20(28-22(31)16-3-5-18(25)6-4-16)24(33)30-11-9-17(10-12-30)23(32)29-21-8-7-19(26)14-27-21/h3-8,14-15,17,20H,9-13H2,1-2H3,(H,28,31)(H,27,29,32). The lowest BCUT2D eigenvalue weighted by atomic mass is 9.94. The van der Waals surface area contributed by atoms with Crippen molar-refractivity contribution in [1.29, 1.82) is 0 Å². The number of aromatic nitrogens is 1. The Morgan fingerprint density at radius 3 is 2.24 bits per heavy atom. The third-order valence-electron chi connectivity index (χ3n) is 5.57. The van der Waals surface area contributed by atoms with E-state index in [0.29, 0.717) is 53.8 Å². The molecule has 0 spiro atoms. The minimum absolute atomic E-state index is 0.119. The molecule has 33 heavy (non-hydrogen) atoms. The molecule has 1 saturated heterocycles. The van der Waals surface area contributed by atoms with Gasteiger partial charge in [-0.15, -0.1) is 0 Å². The molecule has 0 bridgehead atoms. The number of anilines is 1. The summed E-state index contributed by atoms with van der Waals surface area (Å²) < 4.78 is 0. The maximum atomic E-state index is 13.2. The number of piperidine rings is 1. The minimum Gasteiger partial charge on any atom is -0.341 e. The maximum Gasteiger partial charge on any atom is 0.251 e. The van der Waals surface area contributed by atoms with E-state index in [1.165, 1.54) is 6.20 Å². The highest BCUT2D eigenvalue weighted by molar-refractivity contribution is 6.30. The summed E-state index contributed by atoms with van der Waals surface area (Å²) in [6, 6.07) is 9.24. The van der Waals surface area contributed by atoms with Crippen LogP contribution in [0.3, 0.4) is 0 Å². The monoisotopic (exact) mass is 490 g/mol. The molecule has 0 aliphatic carbocycles. The SMILES string of the molecule is CC(C)CC(NC(=O)c1ccc(Cl)cc1)C(=O)N1CCC(C(=O)Nc2ccc(Cl)cn2)CC1. The van der Waals surface area contributed by atoms with Gasteiger partial charge in [-0.05, 0) is 61.6 Å². The lowest BCUT2D eigenvalue weighted by Gasteiger charge is -2.34. The number of nitrogens with one attached hydrogen (secondary N) is 2. The molecule has 176 valence electrons. The van der Waals surface area contributed by atoms with Crippen LogP contribution in [0.5, 0.6) is 0 Å². The van der Waals surface area contributed by atoms with Crippen LogP contribution in [0.2, 0.25) is 10.0 Å². The van der Waals surface area contributed by atoms with Crippen LogP contribution < -0.4 is 10.6 Å². The van der Waals surface area contributed by atoms with Crippen LogP contribution in [-0.4, -0.2) is 46.7 Å². The van der Waals surface area contributed by atoms with E-state index in [1.54, 1.807) is 41.3 Å². The third-order valence-corrected chi connectivity index (χ3v) is 6.05. The van der Waals surface area contributed by atoms with E-state index in [4.69, 9.17) is 23.2 Å². The van der Waals surface area contributed by atoms with Crippen LogP contribution in [0.25, 0.3) is 0 Å². The number of rotatable bonds is 7. The Bertz CT molecular complexity index is 972. The van der Waals surface area contributed by atoms with E-state index in [1.807, 2.05) is 13.8 Å². The Kier molecular flexibility index (Phi) is 8.69. The Morgan fingerprint density at radius 2 is 1.67 bits per heavy atom. The van der Waals surface area contributed by atoms with Crippen molar-refractivity contribution in [3.05, 3.63) is 58.2 Å². The van der Waals surface area contributed by atoms with Gasteiger partial charge < -0.3 is 15.5 Å². The van der Waals surface area contributed by atoms with Gasteiger partial charge in [0.05, 0.1) is 5.02 Å². The van der Waals surface area contributed by atoms with Crippen LogP contribution in [0, 0.1) is 11.8 Å². The normalized spacial score (nSPS) is 15.2. The first-order valence-electron chi connectivity index (χ1n) is 11.0. The van der Waals surface area contributed by atoms with Gasteiger partial charge in [-0.2, -0.15) is 0 Å². The largest absolute Gasteiger partial charge is 0.341 e. The molecule has 1 atom stereocenters. The number of pyridine rings is 1.